The zero-order valence-corrected chi connectivity index (χ0v) is 10.6. The van der Waals surface area contributed by atoms with E-state index in [2.05, 4.69) is 4.98 Å². The molecule has 0 amide bonds. The lowest BCUT2D eigenvalue weighted by atomic mass is 10.2. The maximum Gasteiger partial charge on any atom is 0.258 e. The highest BCUT2D eigenvalue weighted by molar-refractivity contribution is 6.30. The largest absolute Gasteiger partial charge is 0.436 e. The molecule has 0 aliphatic rings. The van der Waals surface area contributed by atoms with E-state index in [1.54, 1.807) is 25.1 Å². The van der Waals surface area contributed by atoms with Gasteiger partial charge in [-0.15, -0.1) is 0 Å². The van der Waals surface area contributed by atoms with Crippen molar-refractivity contribution in [3.8, 4) is 11.6 Å². The molecule has 0 unspecified atom stereocenters. The number of rotatable bonds is 3. The van der Waals surface area contributed by atoms with Crippen molar-refractivity contribution in [2.24, 2.45) is 5.84 Å². The summed E-state index contributed by atoms with van der Waals surface area (Å²) >= 11 is 5.80. The Bertz CT molecular complexity index is 622. The summed E-state index contributed by atoms with van der Waals surface area (Å²) in [5, 5.41) is 0.529. The SMILES string of the molecule is Cc1cc(Cl)ccc1Oc1nc(NN)c(F)cc1F. The van der Waals surface area contributed by atoms with Crippen LogP contribution in [0.25, 0.3) is 0 Å². The van der Waals surface area contributed by atoms with Crippen LogP contribution in [0.2, 0.25) is 5.02 Å². The predicted molar refractivity (Wildman–Crippen MR) is 68.2 cm³/mol. The molecule has 2 rings (SSSR count). The molecule has 0 saturated heterocycles. The summed E-state index contributed by atoms with van der Waals surface area (Å²) in [7, 11) is 0. The van der Waals surface area contributed by atoms with Gasteiger partial charge in [0.05, 0.1) is 0 Å². The molecule has 0 bridgehead atoms. The molecular formula is C12H10ClF2N3O. The standard InChI is InChI=1S/C12H10ClF2N3O/c1-6-4-7(13)2-3-10(6)19-12-9(15)5-8(14)11(17-12)18-16/h2-5H,16H2,1H3,(H,17,18). The average Bonchev–Trinajstić information content (AvgIpc) is 2.35. The fourth-order valence-electron chi connectivity index (χ4n) is 1.45. The van der Waals surface area contributed by atoms with Crippen LogP contribution in [0.3, 0.4) is 0 Å². The second-order valence-electron chi connectivity index (χ2n) is 3.76. The van der Waals surface area contributed by atoms with Gasteiger partial charge in [0, 0.05) is 11.1 Å². The van der Waals surface area contributed by atoms with Gasteiger partial charge in [-0.1, -0.05) is 11.6 Å². The zero-order valence-electron chi connectivity index (χ0n) is 9.88. The predicted octanol–water partition coefficient (Wildman–Crippen LogP) is 3.40. The molecular weight excluding hydrogens is 276 g/mol. The Balaban J connectivity index is 2.37. The number of anilines is 1. The lowest BCUT2D eigenvalue weighted by molar-refractivity contribution is 0.415. The molecule has 0 aliphatic heterocycles. The second kappa shape index (κ2) is 5.38. The number of ether oxygens (including phenoxy) is 1. The molecule has 0 radical (unpaired) electrons. The van der Waals surface area contributed by atoms with Crippen LogP contribution >= 0.6 is 11.6 Å². The Kier molecular flexibility index (Phi) is 3.82. The van der Waals surface area contributed by atoms with E-state index in [0.29, 0.717) is 22.4 Å². The first-order chi connectivity index (χ1) is 9.01. The van der Waals surface area contributed by atoms with Gasteiger partial charge in [-0.3, -0.25) is 0 Å². The monoisotopic (exact) mass is 285 g/mol. The number of nitrogens with zero attached hydrogens (tertiary/aromatic N) is 1. The number of aromatic nitrogens is 1. The van der Waals surface area contributed by atoms with Crippen LogP contribution in [-0.2, 0) is 0 Å². The zero-order chi connectivity index (χ0) is 14.0. The van der Waals surface area contributed by atoms with Gasteiger partial charge >= 0.3 is 0 Å². The smallest absolute Gasteiger partial charge is 0.258 e. The summed E-state index contributed by atoms with van der Waals surface area (Å²) < 4.78 is 32.0. The first-order valence-electron chi connectivity index (χ1n) is 5.28. The van der Waals surface area contributed by atoms with Gasteiger partial charge in [0.1, 0.15) is 5.75 Å². The fraction of sp³-hybridized carbons (Fsp3) is 0.0833. The van der Waals surface area contributed by atoms with Crippen molar-refractivity contribution in [2.45, 2.75) is 6.92 Å². The molecule has 1 aromatic heterocycles. The molecule has 0 fully saturated rings. The molecule has 2 aromatic rings. The number of benzene rings is 1. The van der Waals surface area contributed by atoms with E-state index < -0.39 is 11.6 Å². The van der Waals surface area contributed by atoms with Crippen LogP contribution in [0.4, 0.5) is 14.6 Å². The van der Waals surface area contributed by atoms with Crippen LogP contribution in [0.1, 0.15) is 5.56 Å². The van der Waals surface area contributed by atoms with Crippen molar-refractivity contribution < 1.29 is 13.5 Å². The molecule has 7 heteroatoms. The van der Waals surface area contributed by atoms with Gasteiger partial charge in [-0.05, 0) is 30.7 Å². The summed E-state index contributed by atoms with van der Waals surface area (Å²) in [4.78, 5) is 3.61. The van der Waals surface area contributed by atoms with Crippen molar-refractivity contribution in [3.05, 3.63) is 46.5 Å². The molecule has 1 aromatic carbocycles. The summed E-state index contributed by atoms with van der Waals surface area (Å²) in [6.07, 6.45) is 0. The fourth-order valence-corrected chi connectivity index (χ4v) is 1.68. The minimum atomic E-state index is -0.925. The van der Waals surface area contributed by atoms with Crippen LogP contribution < -0.4 is 16.0 Å². The van der Waals surface area contributed by atoms with Crippen LogP contribution in [0, 0.1) is 18.6 Å². The molecule has 0 saturated carbocycles. The second-order valence-corrected chi connectivity index (χ2v) is 4.20. The molecule has 100 valence electrons. The third-order valence-corrected chi connectivity index (χ3v) is 2.61. The number of nitrogens with one attached hydrogen (secondary N) is 1. The number of hydrazine groups is 1. The van der Waals surface area contributed by atoms with Crippen molar-refractivity contribution >= 4 is 17.4 Å². The minimum absolute atomic E-state index is 0.303. The summed E-state index contributed by atoms with van der Waals surface area (Å²) in [6.45, 7) is 1.74. The number of nitrogens with two attached hydrogens (primary N) is 1. The topological polar surface area (TPSA) is 60.2 Å². The number of hydrogen-bond acceptors (Lipinski definition) is 4. The maximum absolute atomic E-state index is 13.5. The van der Waals surface area contributed by atoms with Crippen molar-refractivity contribution in [1.82, 2.24) is 4.98 Å². The van der Waals surface area contributed by atoms with Crippen molar-refractivity contribution in [2.75, 3.05) is 5.43 Å². The Labute approximate surface area is 113 Å². The number of halogens is 3. The van der Waals surface area contributed by atoms with Crippen LogP contribution in [0.15, 0.2) is 24.3 Å². The quantitative estimate of drug-likeness (QED) is 0.670. The van der Waals surface area contributed by atoms with E-state index >= 15 is 0 Å². The van der Waals surface area contributed by atoms with E-state index in [1.165, 1.54) is 0 Å². The highest BCUT2D eigenvalue weighted by Gasteiger charge is 2.14. The van der Waals surface area contributed by atoms with Gasteiger partial charge in [0.25, 0.3) is 5.88 Å². The average molecular weight is 286 g/mol. The van der Waals surface area contributed by atoms with Crippen LogP contribution in [0.5, 0.6) is 11.6 Å². The van der Waals surface area contributed by atoms with Crippen LogP contribution in [-0.4, -0.2) is 4.98 Å². The Morgan fingerprint density at radius 2 is 2.00 bits per heavy atom. The normalized spacial score (nSPS) is 10.4. The van der Waals surface area contributed by atoms with Crippen molar-refractivity contribution in [1.29, 1.82) is 0 Å². The molecule has 0 spiro atoms. The van der Waals surface area contributed by atoms with Gasteiger partial charge < -0.3 is 10.2 Å². The molecule has 19 heavy (non-hydrogen) atoms. The number of pyridine rings is 1. The van der Waals surface area contributed by atoms with Gasteiger partial charge in [0.15, 0.2) is 17.5 Å². The Morgan fingerprint density at radius 1 is 1.26 bits per heavy atom. The molecule has 0 atom stereocenters. The van der Waals surface area contributed by atoms with E-state index in [4.69, 9.17) is 22.2 Å². The minimum Gasteiger partial charge on any atom is -0.436 e. The summed E-state index contributed by atoms with van der Waals surface area (Å²) in [5.41, 5.74) is 2.71. The van der Waals surface area contributed by atoms with E-state index in [0.717, 1.165) is 0 Å². The highest BCUT2D eigenvalue weighted by Crippen LogP contribution is 2.29. The highest BCUT2D eigenvalue weighted by atomic mass is 35.5. The van der Waals surface area contributed by atoms with Gasteiger partial charge in [0.2, 0.25) is 0 Å². The van der Waals surface area contributed by atoms with Gasteiger partial charge in [-0.25, -0.2) is 14.6 Å². The Hall–Kier alpha value is -1.92. The Morgan fingerprint density at radius 3 is 2.63 bits per heavy atom. The van der Waals surface area contributed by atoms with Crippen molar-refractivity contribution in [3.63, 3.8) is 0 Å². The third kappa shape index (κ3) is 2.91. The van der Waals surface area contributed by atoms with Gasteiger partial charge in [-0.2, -0.15) is 4.98 Å². The number of aryl methyl sites for hydroxylation is 1. The molecule has 1 heterocycles. The lowest BCUT2D eigenvalue weighted by Crippen LogP contribution is -2.11. The molecule has 0 aliphatic carbocycles. The molecule has 3 N–H and O–H groups in total. The molecule has 4 nitrogen and oxygen atoms in total. The first-order valence-corrected chi connectivity index (χ1v) is 5.65. The van der Waals surface area contributed by atoms with E-state index in [-0.39, 0.29) is 11.7 Å². The van der Waals surface area contributed by atoms with E-state index in [9.17, 15) is 8.78 Å². The lowest BCUT2D eigenvalue weighted by Gasteiger charge is -2.10. The third-order valence-electron chi connectivity index (χ3n) is 2.38. The van der Waals surface area contributed by atoms with E-state index in [1.807, 2.05) is 5.43 Å². The summed E-state index contributed by atoms with van der Waals surface area (Å²) in [5.74, 6) is 2.93. The first kappa shape index (κ1) is 13.5. The summed E-state index contributed by atoms with van der Waals surface area (Å²) in [6, 6.07) is 5.45. The number of hydrogen-bond donors (Lipinski definition) is 2. The maximum atomic E-state index is 13.5. The number of nitrogen functional groups attached to an aromatic ring is 1.